The summed E-state index contributed by atoms with van der Waals surface area (Å²) in [6.45, 7) is 4.42. The fourth-order valence-corrected chi connectivity index (χ4v) is 3.20. The quantitative estimate of drug-likeness (QED) is 0.883. The molecule has 0 fully saturated rings. The molecule has 1 heterocycles. The Morgan fingerprint density at radius 2 is 1.88 bits per heavy atom. The Kier molecular flexibility index (Phi) is 5.21. The summed E-state index contributed by atoms with van der Waals surface area (Å²) in [5.74, 6) is -0.401. The highest BCUT2D eigenvalue weighted by Crippen LogP contribution is 2.26. The van der Waals surface area contributed by atoms with E-state index in [0.717, 1.165) is 22.4 Å². The number of anilines is 1. The minimum atomic E-state index is -0.296. The standard InChI is InChI=1S/C20H22FN3O2/c1-13(15-6-8-17(21)9-7-15)22-20(26)24-11-10-18-16(12-24)4-3-5-19(18)23-14(2)25/h3-9,13H,10-12H2,1-2H3,(H,22,26)(H,23,25)/t13-/m0/s1. The molecule has 3 rings (SSSR count). The summed E-state index contributed by atoms with van der Waals surface area (Å²) in [4.78, 5) is 25.7. The number of hydrogen-bond acceptors (Lipinski definition) is 2. The molecule has 5 nitrogen and oxygen atoms in total. The Bertz CT molecular complexity index is 820. The monoisotopic (exact) mass is 355 g/mol. The SMILES string of the molecule is CC(=O)Nc1cccc2c1CCN(C(=O)N[C@@H](C)c1ccc(F)cc1)C2. The van der Waals surface area contributed by atoms with E-state index in [0.29, 0.717) is 19.5 Å². The summed E-state index contributed by atoms with van der Waals surface area (Å²) >= 11 is 0. The van der Waals surface area contributed by atoms with Crippen LogP contribution in [0.25, 0.3) is 0 Å². The molecule has 1 aliphatic heterocycles. The highest BCUT2D eigenvalue weighted by molar-refractivity contribution is 5.90. The van der Waals surface area contributed by atoms with Crippen molar-refractivity contribution in [3.8, 4) is 0 Å². The van der Waals surface area contributed by atoms with E-state index >= 15 is 0 Å². The fraction of sp³-hybridized carbons (Fsp3) is 0.300. The fourth-order valence-electron chi connectivity index (χ4n) is 3.20. The first-order valence-corrected chi connectivity index (χ1v) is 8.63. The van der Waals surface area contributed by atoms with Crippen LogP contribution >= 0.6 is 0 Å². The Morgan fingerprint density at radius 1 is 1.15 bits per heavy atom. The van der Waals surface area contributed by atoms with E-state index in [2.05, 4.69) is 10.6 Å². The predicted octanol–water partition coefficient (Wildman–Crippen LogP) is 3.61. The second-order valence-electron chi connectivity index (χ2n) is 6.52. The largest absolute Gasteiger partial charge is 0.331 e. The van der Waals surface area contributed by atoms with Crippen molar-refractivity contribution in [1.29, 1.82) is 0 Å². The lowest BCUT2D eigenvalue weighted by atomic mass is 9.98. The molecule has 2 aromatic rings. The molecule has 3 amide bonds. The number of hydrogen-bond donors (Lipinski definition) is 2. The second-order valence-corrected chi connectivity index (χ2v) is 6.52. The Morgan fingerprint density at radius 3 is 2.58 bits per heavy atom. The molecular weight excluding hydrogens is 333 g/mol. The molecule has 0 spiro atoms. The summed E-state index contributed by atoms with van der Waals surface area (Å²) < 4.78 is 13.0. The van der Waals surface area contributed by atoms with Gasteiger partial charge in [0.05, 0.1) is 6.04 Å². The van der Waals surface area contributed by atoms with Crippen molar-refractivity contribution in [2.24, 2.45) is 0 Å². The highest BCUT2D eigenvalue weighted by atomic mass is 19.1. The number of nitrogens with zero attached hydrogens (tertiary/aromatic N) is 1. The zero-order chi connectivity index (χ0) is 18.7. The maximum Gasteiger partial charge on any atom is 0.318 e. The third-order valence-corrected chi connectivity index (χ3v) is 4.57. The van der Waals surface area contributed by atoms with Crippen molar-refractivity contribution in [3.05, 3.63) is 65.0 Å². The van der Waals surface area contributed by atoms with Crippen LogP contribution in [0.4, 0.5) is 14.9 Å². The van der Waals surface area contributed by atoms with Crippen molar-refractivity contribution in [2.45, 2.75) is 32.9 Å². The number of carbonyl (C=O) groups excluding carboxylic acids is 2. The van der Waals surface area contributed by atoms with Crippen molar-refractivity contribution < 1.29 is 14.0 Å². The van der Waals surface area contributed by atoms with Gasteiger partial charge in [0.25, 0.3) is 0 Å². The van der Waals surface area contributed by atoms with Gasteiger partial charge in [-0.1, -0.05) is 24.3 Å². The van der Waals surface area contributed by atoms with E-state index in [1.165, 1.54) is 19.1 Å². The highest BCUT2D eigenvalue weighted by Gasteiger charge is 2.23. The number of nitrogens with one attached hydrogen (secondary N) is 2. The summed E-state index contributed by atoms with van der Waals surface area (Å²) in [5.41, 5.74) is 3.78. The van der Waals surface area contributed by atoms with E-state index < -0.39 is 0 Å². The number of carbonyl (C=O) groups is 2. The molecule has 0 radical (unpaired) electrons. The summed E-state index contributed by atoms with van der Waals surface area (Å²) in [6.07, 6.45) is 0.685. The zero-order valence-corrected chi connectivity index (χ0v) is 14.9. The lowest BCUT2D eigenvalue weighted by Crippen LogP contribution is -2.43. The van der Waals surface area contributed by atoms with Crippen LogP contribution in [0.15, 0.2) is 42.5 Å². The Labute approximate surface area is 152 Å². The number of rotatable bonds is 3. The van der Waals surface area contributed by atoms with Crippen molar-refractivity contribution >= 4 is 17.6 Å². The van der Waals surface area contributed by atoms with Gasteiger partial charge in [-0.25, -0.2) is 9.18 Å². The van der Waals surface area contributed by atoms with E-state index in [9.17, 15) is 14.0 Å². The summed E-state index contributed by atoms with van der Waals surface area (Å²) in [5, 5.41) is 5.80. The zero-order valence-electron chi connectivity index (χ0n) is 14.9. The summed E-state index contributed by atoms with van der Waals surface area (Å²) in [6, 6.07) is 11.5. The smallest absolute Gasteiger partial charge is 0.318 e. The maximum absolute atomic E-state index is 13.0. The number of amides is 3. The molecule has 0 saturated heterocycles. The number of benzene rings is 2. The van der Waals surface area contributed by atoms with Gasteiger partial charge >= 0.3 is 6.03 Å². The normalized spacial score (nSPS) is 14.3. The average Bonchev–Trinajstić information content (AvgIpc) is 2.61. The van der Waals surface area contributed by atoms with Crippen molar-refractivity contribution in [3.63, 3.8) is 0 Å². The minimum absolute atomic E-state index is 0.105. The van der Waals surface area contributed by atoms with Crippen LogP contribution < -0.4 is 10.6 Å². The third-order valence-electron chi connectivity index (χ3n) is 4.57. The van der Waals surface area contributed by atoms with Gasteiger partial charge in [0, 0.05) is 25.7 Å². The molecule has 0 aliphatic carbocycles. The van der Waals surface area contributed by atoms with Gasteiger partial charge in [0.1, 0.15) is 5.82 Å². The van der Waals surface area contributed by atoms with Gasteiger partial charge in [-0.3, -0.25) is 4.79 Å². The molecule has 0 aromatic heterocycles. The molecule has 0 unspecified atom stereocenters. The lowest BCUT2D eigenvalue weighted by molar-refractivity contribution is -0.114. The van der Waals surface area contributed by atoms with Gasteiger partial charge in [0.15, 0.2) is 0 Å². The first-order chi connectivity index (χ1) is 12.4. The molecular formula is C20H22FN3O2. The average molecular weight is 355 g/mol. The molecule has 136 valence electrons. The molecule has 0 saturated carbocycles. The van der Waals surface area contributed by atoms with Crippen LogP contribution in [0, 0.1) is 5.82 Å². The van der Waals surface area contributed by atoms with Crippen LogP contribution in [0.1, 0.15) is 36.6 Å². The number of urea groups is 1. The van der Waals surface area contributed by atoms with E-state index in [1.807, 2.05) is 25.1 Å². The molecule has 2 aromatic carbocycles. The van der Waals surface area contributed by atoms with Crippen LogP contribution in [0.5, 0.6) is 0 Å². The van der Waals surface area contributed by atoms with Crippen molar-refractivity contribution in [2.75, 3.05) is 11.9 Å². The van der Waals surface area contributed by atoms with Crippen LogP contribution in [0.3, 0.4) is 0 Å². The van der Waals surface area contributed by atoms with E-state index in [-0.39, 0.29) is 23.8 Å². The number of halogens is 1. The number of fused-ring (bicyclic) bond motifs is 1. The predicted molar refractivity (Wildman–Crippen MR) is 98.2 cm³/mol. The molecule has 0 bridgehead atoms. The summed E-state index contributed by atoms with van der Waals surface area (Å²) in [7, 11) is 0. The first kappa shape index (κ1) is 17.9. The Balaban J connectivity index is 1.67. The maximum atomic E-state index is 13.0. The third kappa shape index (κ3) is 4.02. The van der Waals surface area contributed by atoms with Gasteiger partial charge in [-0.15, -0.1) is 0 Å². The second kappa shape index (κ2) is 7.56. The van der Waals surface area contributed by atoms with Crippen LogP contribution in [-0.2, 0) is 17.8 Å². The molecule has 26 heavy (non-hydrogen) atoms. The van der Waals surface area contributed by atoms with Gasteiger partial charge < -0.3 is 15.5 Å². The van der Waals surface area contributed by atoms with Crippen LogP contribution in [-0.4, -0.2) is 23.4 Å². The van der Waals surface area contributed by atoms with Gasteiger partial charge in [-0.2, -0.15) is 0 Å². The molecule has 1 atom stereocenters. The van der Waals surface area contributed by atoms with E-state index in [1.54, 1.807) is 17.0 Å². The topological polar surface area (TPSA) is 61.4 Å². The van der Waals surface area contributed by atoms with Crippen molar-refractivity contribution in [1.82, 2.24) is 10.2 Å². The minimum Gasteiger partial charge on any atom is -0.331 e. The molecule has 1 aliphatic rings. The van der Waals surface area contributed by atoms with E-state index in [4.69, 9.17) is 0 Å². The molecule has 6 heteroatoms. The first-order valence-electron chi connectivity index (χ1n) is 8.63. The molecule has 2 N–H and O–H groups in total. The van der Waals surface area contributed by atoms with Gasteiger partial charge in [0.2, 0.25) is 5.91 Å². The van der Waals surface area contributed by atoms with Crippen LogP contribution in [0.2, 0.25) is 0 Å². The lowest BCUT2D eigenvalue weighted by Gasteiger charge is -2.31. The Hall–Kier alpha value is -2.89. The van der Waals surface area contributed by atoms with Gasteiger partial charge in [-0.05, 0) is 48.2 Å².